The van der Waals surface area contributed by atoms with Gasteiger partial charge in [-0.05, 0) is 25.5 Å². The Morgan fingerprint density at radius 1 is 1.17 bits per heavy atom. The molecule has 0 bridgehead atoms. The molecule has 4 N–H and O–H groups in total. The molecule has 0 saturated heterocycles. The summed E-state index contributed by atoms with van der Waals surface area (Å²) in [5, 5.41) is 6.87. The number of imide groups is 1. The van der Waals surface area contributed by atoms with Gasteiger partial charge in [0.25, 0.3) is 5.91 Å². The Hall–Kier alpha value is -1.95. The van der Waals surface area contributed by atoms with Crippen LogP contribution in [-0.2, 0) is 4.79 Å². The molecule has 0 fully saturated rings. The molecule has 0 unspecified atom stereocenters. The molecule has 3 amide bonds. The van der Waals surface area contributed by atoms with Crippen molar-refractivity contribution in [3.05, 3.63) is 35.6 Å². The maximum atomic E-state index is 13.0. The van der Waals surface area contributed by atoms with Gasteiger partial charge in [-0.1, -0.05) is 32.9 Å². The van der Waals surface area contributed by atoms with Gasteiger partial charge in [-0.25, -0.2) is 9.18 Å². The van der Waals surface area contributed by atoms with Crippen LogP contribution in [0.25, 0.3) is 0 Å². The first-order valence-electron chi connectivity index (χ1n) is 8.02. The van der Waals surface area contributed by atoms with Crippen LogP contribution in [0.4, 0.5) is 9.18 Å². The third-order valence-corrected chi connectivity index (χ3v) is 3.77. The normalized spacial score (nSPS) is 13.5. The Morgan fingerprint density at radius 3 is 2.30 bits per heavy atom. The maximum Gasteiger partial charge on any atom is 0.321 e. The highest BCUT2D eigenvalue weighted by Crippen LogP contribution is 2.17. The Kier molecular flexibility index (Phi) is 7.68. The third-order valence-electron chi connectivity index (χ3n) is 3.77. The summed E-state index contributed by atoms with van der Waals surface area (Å²) in [5.74, 6) is -0.364. The van der Waals surface area contributed by atoms with Crippen molar-refractivity contribution in [3.8, 4) is 0 Å². The quantitative estimate of drug-likeness (QED) is 0.714. The fourth-order valence-electron chi connectivity index (χ4n) is 2.25. The lowest BCUT2D eigenvalue weighted by molar-refractivity contribution is -0.692. The number of urea groups is 1. The van der Waals surface area contributed by atoms with Crippen molar-refractivity contribution in [1.29, 1.82) is 0 Å². The number of nitrogens with two attached hydrogens (primary N) is 1. The predicted molar refractivity (Wildman–Crippen MR) is 87.2 cm³/mol. The number of hydrogen-bond donors (Lipinski definition) is 3. The number of nitrogens with one attached hydrogen (secondary N) is 2. The topological polar surface area (TPSA) is 74.8 Å². The SMILES string of the molecule is CC[C@@H](C)NC(=O)NC(=O)C[NH2+][C@H](c1ccc(F)cc1)C(C)C. The minimum atomic E-state index is -0.472. The number of amides is 3. The molecule has 0 aliphatic heterocycles. The highest BCUT2D eigenvalue weighted by atomic mass is 19.1. The number of halogens is 1. The Balaban J connectivity index is 2.54. The summed E-state index contributed by atoms with van der Waals surface area (Å²) in [6, 6.07) is 5.86. The van der Waals surface area contributed by atoms with Gasteiger partial charge in [0.1, 0.15) is 11.9 Å². The van der Waals surface area contributed by atoms with E-state index in [0.29, 0.717) is 0 Å². The summed E-state index contributed by atoms with van der Waals surface area (Å²) in [7, 11) is 0. The van der Waals surface area contributed by atoms with Crippen LogP contribution < -0.4 is 16.0 Å². The van der Waals surface area contributed by atoms with E-state index in [2.05, 4.69) is 10.6 Å². The first-order chi connectivity index (χ1) is 10.8. The van der Waals surface area contributed by atoms with Gasteiger partial charge in [0.15, 0.2) is 6.54 Å². The maximum absolute atomic E-state index is 13.0. The summed E-state index contributed by atoms with van der Waals surface area (Å²) >= 11 is 0. The zero-order chi connectivity index (χ0) is 17.4. The zero-order valence-electron chi connectivity index (χ0n) is 14.2. The minimum absolute atomic E-state index is 0.0226. The lowest BCUT2D eigenvalue weighted by Crippen LogP contribution is -2.88. The largest absolute Gasteiger partial charge is 0.335 e. The van der Waals surface area contributed by atoms with Crippen LogP contribution in [0.5, 0.6) is 0 Å². The van der Waals surface area contributed by atoms with E-state index in [0.717, 1.165) is 12.0 Å². The second kappa shape index (κ2) is 9.25. The Labute approximate surface area is 137 Å². The zero-order valence-corrected chi connectivity index (χ0v) is 14.2. The van der Waals surface area contributed by atoms with Crippen LogP contribution in [0, 0.1) is 11.7 Å². The van der Waals surface area contributed by atoms with E-state index in [1.165, 1.54) is 12.1 Å². The molecule has 0 spiro atoms. The van der Waals surface area contributed by atoms with Crippen LogP contribution in [-0.4, -0.2) is 24.5 Å². The van der Waals surface area contributed by atoms with Crippen LogP contribution >= 0.6 is 0 Å². The van der Waals surface area contributed by atoms with Crippen LogP contribution in [0.2, 0.25) is 0 Å². The molecule has 1 rings (SSSR count). The molecule has 0 aliphatic rings. The average molecular weight is 324 g/mol. The number of rotatable bonds is 7. The van der Waals surface area contributed by atoms with Gasteiger partial charge in [0.2, 0.25) is 0 Å². The van der Waals surface area contributed by atoms with E-state index in [1.807, 2.05) is 33.0 Å². The standard InChI is InChI=1S/C17H26FN3O2/c1-5-12(4)20-17(23)21-15(22)10-19-16(11(2)3)13-6-8-14(18)9-7-13/h6-9,11-12,16,19H,5,10H2,1-4H3,(H2,20,21,22,23)/p+1/t12-,16+/m1/s1. The van der Waals surface area contributed by atoms with Crippen LogP contribution in [0.1, 0.15) is 45.7 Å². The molecule has 0 radical (unpaired) electrons. The van der Waals surface area contributed by atoms with E-state index in [9.17, 15) is 14.0 Å². The van der Waals surface area contributed by atoms with E-state index in [4.69, 9.17) is 0 Å². The molecule has 6 heteroatoms. The molecule has 5 nitrogen and oxygen atoms in total. The molecule has 1 aromatic carbocycles. The first-order valence-corrected chi connectivity index (χ1v) is 8.02. The van der Waals surface area contributed by atoms with E-state index >= 15 is 0 Å². The molecule has 0 saturated carbocycles. The molecule has 0 aliphatic carbocycles. The molecule has 128 valence electrons. The number of quaternary nitrogens is 1. The predicted octanol–water partition coefficient (Wildman–Crippen LogP) is 1.71. The van der Waals surface area contributed by atoms with Crippen molar-refractivity contribution in [3.63, 3.8) is 0 Å². The second-order valence-corrected chi connectivity index (χ2v) is 6.09. The highest BCUT2D eigenvalue weighted by Gasteiger charge is 2.21. The van der Waals surface area contributed by atoms with Gasteiger partial charge in [-0.2, -0.15) is 0 Å². The number of carbonyl (C=O) groups excluding carboxylic acids is 2. The molecular formula is C17H27FN3O2+. The molecular weight excluding hydrogens is 297 g/mol. The summed E-state index contributed by atoms with van der Waals surface area (Å²) in [6.07, 6.45) is 0.799. The molecule has 2 atom stereocenters. The van der Waals surface area contributed by atoms with E-state index < -0.39 is 6.03 Å². The van der Waals surface area contributed by atoms with E-state index in [-0.39, 0.29) is 36.3 Å². The van der Waals surface area contributed by atoms with Crippen molar-refractivity contribution >= 4 is 11.9 Å². The van der Waals surface area contributed by atoms with Gasteiger partial charge in [-0.15, -0.1) is 0 Å². The Bertz CT molecular complexity index is 517. The smallest absolute Gasteiger partial charge is 0.321 e. The van der Waals surface area contributed by atoms with Crippen molar-refractivity contribution in [2.45, 2.75) is 46.2 Å². The van der Waals surface area contributed by atoms with Crippen LogP contribution in [0.15, 0.2) is 24.3 Å². The summed E-state index contributed by atoms with van der Waals surface area (Å²) < 4.78 is 13.0. The highest BCUT2D eigenvalue weighted by molar-refractivity contribution is 5.94. The minimum Gasteiger partial charge on any atom is -0.335 e. The molecule has 0 heterocycles. The van der Waals surface area contributed by atoms with E-state index in [1.54, 1.807) is 12.1 Å². The fourth-order valence-corrected chi connectivity index (χ4v) is 2.25. The average Bonchev–Trinajstić information content (AvgIpc) is 2.48. The van der Waals surface area contributed by atoms with Crippen molar-refractivity contribution < 1.29 is 19.3 Å². The fraction of sp³-hybridized carbons (Fsp3) is 0.529. The van der Waals surface area contributed by atoms with Gasteiger partial charge in [0, 0.05) is 17.5 Å². The number of benzene rings is 1. The lowest BCUT2D eigenvalue weighted by atomic mass is 9.96. The third kappa shape index (κ3) is 6.78. The Morgan fingerprint density at radius 2 is 1.78 bits per heavy atom. The van der Waals surface area contributed by atoms with Gasteiger partial charge >= 0.3 is 6.03 Å². The molecule has 0 aromatic heterocycles. The molecule has 23 heavy (non-hydrogen) atoms. The summed E-state index contributed by atoms with van der Waals surface area (Å²) in [5.41, 5.74) is 0.957. The summed E-state index contributed by atoms with van der Waals surface area (Å²) in [6.45, 7) is 8.04. The monoisotopic (exact) mass is 324 g/mol. The number of hydrogen-bond acceptors (Lipinski definition) is 2. The summed E-state index contributed by atoms with van der Waals surface area (Å²) in [4.78, 5) is 23.5. The molecule has 1 aromatic rings. The second-order valence-electron chi connectivity index (χ2n) is 6.09. The van der Waals surface area contributed by atoms with Crippen molar-refractivity contribution in [2.75, 3.05) is 6.54 Å². The van der Waals surface area contributed by atoms with Gasteiger partial charge in [0.05, 0.1) is 0 Å². The first kappa shape index (κ1) is 19.1. The van der Waals surface area contributed by atoms with Crippen molar-refractivity contribution in [2.24, 2.45) is 5.92 Å². The van der Waals surface area contributed by atoms with Gasteiger partial charge in [-0.3, -0.25) is 10.1 Å². The lowest BCUT2D eigenvalue weighted by Gasteiger charge is -2.19. The number of carbonyl (C=O) groups is 2. The van der Waals surface area contributed by atoms with Crippen molar-refractivity contribution in [1.82, 2.24) is 10.6 Å². The van der Waals surface area contributed by atoms with Crippen LogP contribution in [0.3, 0.4) is 0 Å². The van der Waals surface area contributed by atoms with Gasteiger partial charge < -0.3 is 10.6 Å².